The summed E-state index contributed by atoms with van der Waals surface area (Å²) < 4.78 is 13.6. The highest BCUT2D eigenvalue weighted by molar-refractivity contribution is 9.10. The lowest BCUT2D eigenvalue weighted by atomic mass is 10.2. The lowest BCUT2D eigenvalue weighted by molar-refractivity contribution is 0.625. The lowest BCUT2D eigenvalue weighted by Crippen LogP contribution is -2.09. The van der Waals surface area contributed by atoms with Crippen LogP contribution in [0.15, 0.2) is 22.7 Å². The zero-order valence-corrected chi connectivity index (χ0v) is 12.1. The molecule has 1 aromatic carbocycles. The monoisotopic (exact) mass is 329 g/mol. The van der Waals surface area contributed by atoms with Crippen LogP contribution < -0.4 is 5.73 Å². The number of aromatic nitrogens is 4. The molecule has 2 N–H and O–H groups in total. The van der Waals surface area contributed by atoms with Gasteiger partial charge in [-0.2, -0.15) is 0 Å². The first-order chi connectivity index (χ1) is 8.56. The number of anilines is 1. The molecule has 0 aliphatic rings. The van der Waals surface area contributed by atoms with Gasteiger partial charge in [-0.15, -0.1) is 5.10 Å². The topological polar surface area (TPSA) is 86.7 Å². The SMILES string of the molecule is CS(=O)CCn1nnnc1-c1cc(N)cc(Br)c1. The Morgan fingerprint density at radius 3 is 2.89 bits per heavy atom. The van der Waals surface area contributed by atoms with Crippen LogP contribution in [0.5, 0.6) is 0 Å². The highest BCUT2D eigenvalue weighted by Crippen LogP contribution is 2.24. The number of halogens is 1. The van der Waals surface area contributed by atoms with Crippen LogP contribution in [0.1, 0.15) is 0 Å². The van der Waals surface area contributed by atoms with Crippen molar-refractivity contribution < 1.29 is 4.21 Å². The standard InChI is InChI=1S/C10H12BrN5OS/c1-18(17)3-2-16-10(13-14-15-16)7-4-8(11)6-9(12)5-7/h4-6H,2-3,12H2,1H3. The van der Waals surface area contributed by atoms with E-state index in [1.165, 1.54) is 0 Å². The number of tetrazole rings is 1. The third-order valence-electron chi connectivity index (χ3n) is 2.30. The molecule has 0 spiro atoms. The molecule has 1 unspecified atom stereocenters. The van der Waals surface area contributed by atoms with E-state index in [1.807, 2.05) is 6.07 Å². The average molecular weight is 330 g/mol. The molecule has 0 bridgehead atoms. The van der Waals surface area contributed by atoms with Crippen LogP contribution in [-0.2, 0) is 17.3 Å². The molecule has 18 heavy (non-hydrogen) atoms. The first-order valence-electron chi connectivity index (χ1n) is 5.19. The summed E-state index contributed by atoms with van der Waals surface area (Å²) in [5.41, 5.74) is 7.24. The van der Waals surface area contributed by atoms with Crippen LogP contribution in [0.3, 0.4) is 0 Å². The Morgan fingerprint density at radius 1 is 1.44 bits per heavy atom. The van der Waals surface area contributed by atoms with Gasteiger partial charge in [0.15, 0.2) is 5.82 Å². The Bertz CT molecular complexity index is 565. The van der Waals surface area contributed by atoms with Crippen molar-refractivity contribution in [1.82, 2.24) is 20.2 Å². The maximum absolute atomic E-state index is 11.1. The van der Waals surface area contributed by atoms with E-state index in [0.717, 1.165) is 10.0 Å². The van der Waals surface area contributed by atoms with Gasteiger partial charge in [0.1, 0.15) is 0 Å². The van der Waals surface area contributed by atoms with Crippen molar-refractivity contribution in [2.45, 2.75) is 6.54 Å². The van der Waals surface area contributed by atoms with Crippen LogP contribution in [0, 0.1) is 0 Å². The van der Waals surface area contributed by atoms with Crippen molar-refractivity contribution in [2.24, 2.45) is 0 Å². The fourth-order valence-corrected chi connectivity index (χ4v) is 2.46. The van der Waals surface area contributed by atoms with Crippen LogP contribution in [0.2, 0.25) is 0 Å². The van der Waals surface area contributed by atoms with Crippen LogP contribution in [0.25, 0.3) is 11.4 Å². The van der Waals surface area contributed by atoms with Gasteiger partial charge < -0.3 is 5.73 Å². The Balaban J connectivity index is 2.33. The predicted octanol–water partition coefficient (Wildman–Crippen LogP) is 1.06. The van der Waals surface area contributed by atoms with Gasteiger partial charge in [-0.05, 0) is 28.6 Å². The number of aryl methyl sites for hydroxylation is 1. The number of nitrogens with two attached hydrogens (primary N) is 1. The fourth-order valence-electron chi connectivity index (χ4n) is 1.52. The molecule has 0 aliphatic carbocycles. The van der Waals surface area contributed by atoms with Crippen molar-refractivity contribution in [3.05, 3.63) is 22.7 Å². The van der Waals surface area contributed by atoms with Crippen molar-refractivity contribution in [2.75, 3.05) is 17.7 Å². The Morgan fingerprint density at radius 2 is 2.22 bits per heavy atom. The highest BCUT2D eigenvalue weighted by atomic mass is 79.9. The summed E-state index contributed by atoms with van der Waals surface area (Å²) in [7, 11) is -0.874. The fraction of sp³-hybridized carbons (Fsp3) is 0.300. The van der Waals surface area contributed by atoms with Crippen LogP contribution >= 0.6 is 15.9 Å². The number of benzene rings is 1. The normalized spacial score (nSPS) is 12.6. The van der Waals surface area contributed by atoms with E-state index in [4.69, 9.17) is 5.73 Å². The van der Waals surface area contributed by atoms with E-state index in [2.05, 4.69) is 31.5 Å². The van der Waals surface area contributed by atoms with Crippen LogP contribution in [0.4, 0.5) is 5.69 Å². The summed E-state index contributed by atoms with van der Waals surface area (Å²) in [5.74, 6) is 1.13. The quantitative estimate of drug-likeness (QED) is 0.847. The van der Waals surface area contributed by atoms with Gasteiger partial charge >= 0.3 is 0 Å². The van der Waals surface area contributed by atoms with Crippen molar-refractivity contribution in [1.29, 1.82) is 0 Å². The molecule has 6 nitrogen and oxygen atoms in total. The Kier molecular flexibility index (Phi) is 4.07. The molecule has 0 amide bonds. The predicted molar refractivity (Wildman–Crippen MR) is 74.3 cm³/mol. The molecule has 0 aliphatic heterocycles. The maximum Gasteiger partial charge on any atom is 0.182 e. The molecular formula is C10H12BrN5OS. The molecule has 0 saturated carbocycles. The van der Waals surface area contributed by atoms with E-state index >= 15 is 0 Å². The molecule has 8 heteroatoms. The minimum absolute atomic E-state index is 0.512. The summed E-state index contributed by atoms with van der Waals surface area (Å²) in [4.78, 5) is 0. The average Bonchev–Trinajstić information content (AvgIpc) is 2.72. The van der Waals surface area contributed by atoms with Crippen LogP contribution in [-0.4, -0.2) is 36.4 Å². The second kappa shape index (κ2) is 5.57. The minimum Gasteiger partial charge on any atom is -0.399 e. The summed E-state index contributed by atoms with van der Waals surface area (Å²) in [5, 5.41) is 11.5. The van der Waals surface area contributed by atoms with Gasteiger partial charge in [0.25, 0.3) is 0 Å². The summed E-state index contributed by atoms with van der Waals surface area (Å²) in [6.45, 7) is 0.512. The molecule has 1 aromatic heterocycles. The Hall–Kier alpha value is -1.28. The van der Waals surface area contributed by atoms with E-state index in [1.54, 1.807) is 23.1 Å². The molecule has 1 heterocycles. The van der Waals surface area contributed by atoms with Crippen molar-refractivity contribution in [3.63, 3.8) is 0 Å². The smallest absolute Gasteiger partial charge is 0.182 e. The number of rotatable bonds is 4. The first-order valence-corrected chi connectivity index (χ1v) is 7.71. The van der Waals surface area contributed by atoms with E-state index in [9.17, 15) is 4.21 Å². The van der Waals surface area contributed by atoms with Gasteiger partial charge in [0.05, 0.1) is 6.54 Å². The van der Waals surface area contributed by atoms with Crippen molar-refractivity contribution in [3.8, 4) is 11.4 Å². The second-order valence-corrected chi connectivity index (χ2v) is 6.25. The summed E-state index contributed by atoms with van der Waals surface area (Å²) in [6, 6.07) is 5.50. The third-order valence-corrected chi connectivity index (χ3v) is 3.52. The highest BCUT2D eigenvalue weighted by Gasteiger charge is 2.10. The zero-order chi connectivity index (χ0) is 13.1. The van der Waals surface area contributed by atoms with E-state index in [-0.39, 0.29) is 0 Å². The van der Waals surface area contributed by atoms with Gasteiger partial charge in [0.2, 0.25) is 0 Å². The molecule has 0 saturated heterocycles. The zero-order valence-electron chi connectivity index (χ0n) is 9.71. The molecular weight excluding hydrogens is 318 g/mol. The molecule has 1 atom stereocenters. The van der Waals surface area contributed by atoms with Gasteiger partial charge in [-0.1, -0.05) is 15.9 Å². The number of nitrogens with zero attached hydrogens (tertiary/aromatic N) is 4. The molecule has 2 rings (SSSR count). The minimum atomic E-state index is -0.874. The maximum atomic E-state index is 11.1. The van der Waals surface area contributed by atoms with Crippen molar-refractivity contribution >= 4 is 32.4 Å². The number of hydrogen-bond acceptors (Lipinski definition) is 5. The van der Waals surface area contributed by atoms with E-state index < -0.39 is 10.8 Å². The molecule has 96 valence electrons. The number of nitrogen functional groups attached to an aromatic ring is 1. The Labute approximate surface area is 115 Å². The second-order valence-electron chi connectivity index (χ2n) is 3.78. The van der Waals surface area contributed by atoms with E-state index in [0.29, 0.717) is 23.8 Å². The van der Waals surface area contributed by atoms with Gasteiger partial charge in [0, 0.05) is 38.5 Å². The van der Waals surface area contributed by atoms with Gasteiger partial charge in [-0.3, -0.25) is 4.21 Å². The van der Waals surface area contributed by atoms with Gasteiger partial charge in [-0.25, -0.2) is 4.68 Å². The summed E-state index contributed by atoms with van der Waals surface area (Å²) in [6.07, 6.45) is 1.65. The third kappa shape index (κ3) is 3.14. The first kappa shape index (κ1) is 13.2. The molecule has 0 fully saturated rings. The molecule has 2 aromatic rings. The molecule has 0 radical (unpaired) electrons. The summed E-state index contributed by atoms with van der Waals surface area (Å²) >= 11 is 3.38. The number of hydrogen-bond donors (Lipinski definition) is 1. The largest absolute Gasteiger partial charge is 0.399 e. The lowest BCUT2D eigenvalue weighted by Gasteiger charge is -2.05.